The summed E-state index contributed by atoms with van der Waals surface area (Å²) in [6.45, 7) is 1.76. The number of hydrogen-bond donors (Lipinski definition) is 0. The van der Waals surface area contributed by atoms with E-state index in [-0.39, 0.29) is 11.3 Å². The summed E-state index contributed by atoms with van der Waals surface area (Å²) in [4.78, 5) is 0. The van der Waals surface area contributed by atoms with E-state index in [1.165, 1.54) is 6.42 Å². The van der Waals surface area contributed by atoms with Crippen molar-refractivity contribution in [3.05, 3.63) is 0 Å². The van der Waals surface area contributed by atoms with Gasteiger partial charge in [0.25, 0.3) is 0 Å². The second-order valence-corrected chi connectivity index (χ2v) is 8.41. The lowest BCUT2D eigenvalue weighted by Gasteiger charge is -2.36. The van der Waals surface area contributed by atoms with E-state index in [9.17, 15) is 8.42 Å². The molecule has 1 aliphatic heterocycles. The van der Waals surface area contributed by atoms with Crippen molar-refractivity contribution in [3.63, 3.8) is 0 Å². The molecule has 0 amide bonds. The molecular weight excluding hydrogens is 330 g/mol. The molecular formula is C13H24BrNO3S. The second kappa shape index (κ2) is 7.38. The van der Waals surface area contributed by atoms with Crippen molar-refractivity contribution in [2.75, 3.05) is 25.1 Å². The van der Waals surface area contributed by atoms with Crippen molar-refractivity contribution < 1.29 is 13.2 Å². The average molecular weight is 354 g/mol. The first-order valence-corrected chi connectivity index (χ1v) is 9.93. The minimum Gasteiger partial charge on any atom is -0.381 e. The Kier molecular flexibility index (Phi) is 6.11. The van der Waals surface area contributed by atoms with E-state index in [0.29, 0.717) is 37.9 Å². The highest BCUT2D eigenvalue weighted by Gasteiger charge is 2.37. The monoisotopic (exact) mass is 353 g/mol. The smallest absolute Gasteiger partial charge is 0.217 e. The lowest BCUT2D eigenvalue weighted by atomic mass is 9.95. The molecule has 2 rings (SSSR count). The van der Waals surface area contributed by atoms with Gasteiger partial charge in [0.15, 0.2) is 0 Å². The van der Waals surface area contributed by atoms with Crippen LogP contribution in [-0.2, 0) is 14.8 Å². The van der Waals surface area contributed by atoms with Gasteiger partial charge in [-0.3, -0.25) is 0 Å². The predicted molar refractivity (Wildman–Crippen MR) is 80.1 cm³/mol. The first-order valence-electron chi connectivity index (χ1n) is 7.30. The van der Waals surface area contributed by atoms with Crippen molar-refractivity contribution in [2.24, 2.45) is 0 Å². The van der Waals surface area contributed by atoms with Crippen LogP contribution in [-0.4, -0.2) is 49.1 Å². The molecule has 0 atom stereocenters. The summed E-state index contributed by atoms with van der Waals surface area (Å²) in [6.07, 6.45) is 6.90. The molecule has 0 aromatic rings. The Hall–Kier alpha value is 0.350. The highest BCUT2D eigenvalue weighted by molar-refractivity contribution is 9.09. The van der Waals surface area contributed by atoms with Crippen LogP contribution in [0.3, 0.4) is 0 Å². The number of halogens is 1. The first-order chi connectivity index (χ1) is 9.16. The van der Waals surface area contributed by atoms with Crippen molar-refractivity contribution >= 4 is 26.0 Å². The Morgan fingerprint density at radius 3 is 2.26 bits per heavy atom. The van der Waals surface area contributed by atoms with E-state index in [4.69, 9.17) is 4.74 Å². The van der Waals surface area contributed by atoms with E-state index in [0.717, 1.165) is 25.7 Å². The Morgan fingerprint density at radius 2 is 1.68 bits per heavy atom. The summed E-state index contributed by atoms with van der Waals surface area (Å²) >= 11 is 3.40. The van der Waals surface area contributed by atoms with E-state index in [1.54, 1.807) is 4.31 Å². The van der Waals surface area contributed by atoms with Crippen LogP contribution in [0, 0.1) is 0 Å². The minimum atomic E-state index is -3.16. The molecule has 1 saturated carbocycles. The molecule has 1 aliphatic carbocycles. The average Bonchev–Trinajstić information content (AvgIpc) is 2.46. The summed E-state index contributed by atoms with van der Waals surface area (Å²) in [6, 6.07) is 0.221. The van der Waals surface area contributed by atoms with E-state index in [1.807, 2.05) is 0 Å². The van der Waals surface area contributed by atoms with E-state index in [2.05, 4.69) is 15.9 Å². The standard InChI is InChI=1S/C13H24BrNO3S/c14-8-9-15(12-4-2-1-3-5-12)19(16,17)13-6-10-18-11-7-13/h12-13H,1-11H2. The quantitative estimate of drug-likeness (QED) is 0.713. The minimum absolute atomic E-state index is 0.221. The van der Waals surface area contributed by atoms with Crippen LogP contribution in [0.1, 0.15) is 44.9 Å². The second-order valence-electron chi connectivity index (χ2n) is 5.45. The van der Waals surface area contributed by atoms with Gasteiger partial charge in [-0.05, 0) is 25.7 Å². The molecule has 0 unspecified atom stereocenters. The van der Waals surface area contributed by atoms with Crippen molar-refractivity contribution in [1.82, 2.24) is 4.31 Å². The third kappa shape index (κ3) is 3.93. The Labute approximate surface area is 125 Å². The van der Waals surface area contributed by atoms with Gasteiger partial charge >= 0.3 is 0 Å². The van der Waals surface area contributed by atoms with Crippen molar-refractivity contribution in [3.8, 4) is 0 Å². The Balaban J connectivity index is 2.11. The van der Waals surface area contributed by atoms with Crippen LogP contribution in [0.5, 0.6) is 0 Å². The fourth-order valence-electron chi connectivity index (χ4n) is 3.14. The topological polar surface area (TPSA) is 46.6 Å². The molecule has 0 radical (unpaired) electrons. The van der Waals surface area contributed by atoms with Gasteiger partial charge in [-0.25, -0.2) is 8.42 Å². The molecule has 4 nitrogen and oxygen atoms in total. The third-order valence-electron chi connectivity index (χ3n) is 4.20. The van der Waals surface area contributed by atoms with Crippen LogP contribution in [0.15, 0.2) is 0 Å². The maximum absolute atomic E-state index is 12.8. The Morgan fingerprint density at radius 1 is 1.05 bits per heavy atom. The zero-order valence-corrected chi connectivity index (χ0v) is 13.8. The summed E-state index contributed by atoms with van der Waals surface area (Å²) in [5.41, 5.74) is 0. The molecule has 0 N–H and O–H groups in total. The van der Waals surface area contributed by atoms with Gasteiger partial charge in [-0.15, -0.1) is 0 Å². The molecule has 0 spiro atoms. The van der Waals surface area contributed by atoms with Gasteiger partial charge in [0, 0.05) is 31.1 Å². The molecule has 112 valence electrons. The molecule has 2 fully saturated rings. The fourth-order valence-corrected chi connectivity index (χ4v) is 5.90. The SMILES string of the molecule is O=S(=O)(C1CCOCC1)N(CCBr)C1CCCCC1. The largest absolute Gasteiger partial charge is 0.381 e. The first kappa shape index (κ1) is 15.7. The van der Waals surface area contributed by atoms with Crippen LogP contribution in [0.2, 0.25) is 0 Å². The zero-order valence-electron chi connectivity index (χ0n) is 11.4. The fraction of sp³-hybridized carbons (Fsp3) is 1.00. The Bertz CT molecular complexity index is 362. The van der Waals surface area contributed by atoms with Crippen LogP contribution < -0.4 is 0 Å². The normalized spacial score (nSPS) is 23.9. The number of alkyl halides is 1. The maximum Gasteiger partial charge on any atom is 0.217 e. The third-order valence-corrected chi connectivity index (χ3v) is 7.01. The van der Waals surface area contributed by atoms with Crippen LogP contribution >= 0.6 is 15.9 Å². The molecule has 0 aromatic carbocycles. The lowest BCUT2D eigenvalue weighted by molar-refractivity contribution is 0.0965. The highest BCUT2D eigenvalue weighted by atomic mass is 79.9. The molecule has 0 bridgehead atoms. The molecule has 19 heavy (non-hydrogen) atoms. The van der Waals surface area contributed by atoms with Gasteiger partial charge in [-0.2, -0.15) is 4.31 Å². The van der Waals surface area contributed by atoms with Crippen LogP contribution in [0.25, 0.3) is 0 Å². The number of nitrogens with zero attached hydrogens (tertiary/aromatic N) is 1. The predicted octanol–water partition coefficient (Wildman–Crippen LogP) is 2.52. The lowest BCUT2D eigenvalue weighted by Crippen LogP contribution is -2.48. The van der Waals surface area contributed by atoms with Gasteiger partial charge in [-0.1, -0.05) is 35.2 Å². The summed E-state index contributed by atoms with van der Waals surface area (Å²) in [7, 11) is -3.16. The van der Waals surface area contributed by atoms with E-state index < -0.39 is 10.0 Å². The summed E-state index contributed by atoms with van der Waals surface area (Å²) in [5.74, 6) is 0. The van der Waals surface area contributed by atoms with Gasteiger partial charge in [0.2, 0.25) is 10.0 Å². The molecule has 6 heteroatoms. The number of ether oxygens (including phenoxy) is 1. The van der Waals surface area contributed by atoms with Crippen LogP contribution in [0.4, 0.5) is 0 Å². The molecule has 1 heterocycles. The summed E-state index contributed by atoms with van der Waals surface area (Å²) in [5, 5.41) is 0.480. The van der Waals surface area contributed by atoms with Gasteiger partial charge < -0.3 is 4.74 Å². The number of hydrogen-bond acceptors (Lipinski definition) is 3. The zero-order chi connectivity index (χ0) is 13.7. The number of sulfonamides is 1. The maximum atomic E-state index is 12.8. The highest BCUT2D eigenvalue weighted by Crippen LogP contribution is 2.28. The van der Waals surface area contributed by atoms with Crippen molar-refractivity contribution in [1.29, 1.82) is 0 Å². The number of rotatable bonds is 5. The molecule has 0 aromatic heterocycles. The van der Waals surface area contributed by atoms with Gasteiger partial charge in [0.05, 0.1) is 5.25 Å². The van der Waals surface area contributed by atoms with Gasteiger partial charge in [0.1, 0.15) is 0 Å². The summed E-state index contributed by atoms with van der Waals surface area (Å²) < 4.78 is 32.7. The van der Waals surface area contributed by atoms with E-state index >= 15 is 0 Å². The van der Waals surface area contributed by atoms with Crippen molar-refractivity contribution in [2.45, 2.75) is 56.2 Å². The molecule has 1 saturated heterocycles. The molecule has 2 aliphatic rings.